The van der Waals surface area contributed by atoms with Crippen LogP contribution < -0.4 is 0 Å². The fourth-order valence-electron chi connectivity index (χ4n) is 1.11. The van der Waals surface area contributed by atoms with Gasteiger partial charge in [0.1, 0.15) is 5.82 Å². The van der Waals surface area contributed by atoms with Crippen LogP contribution >= 0.6 is 12.2 Å². The van der Waals surface area contributed by atoms with Crippen molar-refractivity contribution >= 4 is 12.2 Å². The Labute approximate surface area is 77.8 Å². The number of aromatic nitrogens is 3. The molecule has 0 aliphatic rings. The zero-order valence-corrected chi connectivity index (χ0v) is 8.83. The molecular weight excluding hydrogens is 170 g/mol. The molecule has 3 nitrogen and oxygen atoms in total. The highest BCUT2D eigenvalue weighted by Crippen LogP contribution is 2.23. The van der Waals surface area contributed by atoms with Crippen molar-refractivity contribution in [3.05, 3.63) is 10.6 Å². The summed E-state index contributed by atoms with van der Waals surface area (Å²) in [6, 6.07) is 0. The molecule has 1 aromatic rings. The highest BCUT2D eigenvalue weighted by Gasteiger charge is 2.23. The fraction of sp³-hybridized carbons (Fsp3) is 0.750. The first-order valence-electron chi connectivity index (χ1n) is 4.11. The quantitative estimate of drug-likeness (QED) is 0.716. The second kappa shape index (κ2) is 3.01. The summed E-state index contributed by atoms with van der Waals surface area (Å²) in [7, 11) is 1.94. The molecule has 0 bridgehead atoms. The van der Waals surface area contributed by atoms with Gasteiger partial charge in [-0.1, -0.05) is 20.8 Å². The van der Waals surface area contributed by atoms with E-state index in [0.29, 0.717) is 4.77 Å². The number of rotatable bonds is 2. The van der Waals surface area contributed by atoms with Crippen molar-refractivity contribution in [2.45, 2.75) is 32.6 Å². The zero-order valence-electron chi connectivity index (χ0n) is 8.01. The molecule has 0 amide bonds. The van der Waals surface area contributed by atoms with Crippen LogP contribution in [0.2, 0.25) is 0 Å². The van der Waals surface area contributed by atoms with Crippen molar-refractivity contribution in [1.82, 2.24) is 14.8 Å². The molecule has 0 saturated carbocycles. The highest BCUT2D eigenvalue weighted by atomic mass is 32.1. The largest absolute Gasteiger partial charge is 0.307 e. The highest BCUT2D eigenvalue weighted by molar-refractivity contribution is 7.71. The molecule has 0 spiro atoms. The summed E-state index contributed by atoms with van der Waals surface area (Å²) >= 11 is 5.04. The van der Waals surface area contributed by atoms with Crippen LogP contribution in [0.15, 0.2) is 0 Å². The molecule has 0 fully saturated rings. The minimum atomic E-state index is 0.0995. The van der Waals surface area contributed by atoms with E-state index in [9.17, 15) is 0 Å². The van der Waals surface area contributed by atoms with Crippen molar-refractivity contribution in [2.24, 2.45) is 7.05 Å². The summed E-state index contributed by atoms with van der Waals surface area (Å²) in [6.45, 7) is 6.48. The third-order valence-electron chi connectivity index (χ3n) is 2.37. The Bertz CT molecular complexity index is 321. The zero-order chi connectivity index (χ0) is 9.35. The maximum atomic E-state index is 5.04. The van der Waals surface area contributed by atoms with Gasteiger partial charge in [-0.25, -0.2) is 0 Å². The third-order valence-corrected chi connectivity index (χ3v) is 2.73. The lowest BCUT2D eigenvalue weighted by Crippen LogP contribution is -2.20. The van der Waals surface area contributed by atoms with Crippen LogP contribution in [-0.2, 0) is 12.5 Å². The molecule has 1 heterocycles. The van der Waals surface area contributed by atoms with Gasteiger partial charge in [0.25, 0.3) is 0 Å². The van der Waals surface area contributed by atoms with Gasteiger partial charge >= 0.3 is 0 Å². The van der Waals surface area contributed by atoms with Crippen LogP contribution in [-0.4, -0.2) is 14.8 Å². The Morgan fingerprint density at radius 2 is 2.17 bits per heavy atom. The Balaban J connectivity index is 3.20. The number of H-pyrrole nitrogens is 1. The van der Waals surface area contributed by atoms with Gasteiger partial charge in [-0.3, -0.25) is 5.10 Å². The average Bonchev–Trinajstić information content (AvgIpc) is 2.33. The Morgan fingerprint density at radius 1 is 1.58 bits per heavy atom. The van der Waals surface area contributed by atoms with Crippen molar-refractivity contribution in [1.29, 1.82) is 0 Å². The molecule has 0 saturated heterocycles. The first kappa shape index (κ1) is 9.45. The van der Waals surface area contributed by atoms with Gasteiger partial charge in [0.15, 0.2) is 4.77 Å². The summed E-state index contributed by atoms with van der Waals surface area (Å²) in [5.74, 6) is 1.02. The smallest absolute Gasteiger partial charge is 0.194 e. The van der Waals surface area contributed by atoms with Gasteiger partial charge in [-0.15, -0.1) is 0 Å². The topological polar surface area (TPSA) is 33.6 Å². The summed E-state index contributed by atoms with van der Waals surface area (Å²) in [4.78, 5) is 0. The van der Waals surface area contributed by atoms with E-state index >= 15 is 0 Å². The summed E-state index contributed by atoms with van der Waals surface area (Å²) < 4.78 is 2.62. The fourth-order valence-corrected chi connectivity index (χ4v) is 1.24. The molecule has 1 N–H and O–H groups in total. The van der Waals surface area contributed by atoms with E-state index in [-0.39, 0.29) is 5.41 Å². The van der Waals surface area contributed by atoms with Crippen LogP contribution in [0.1, 0.15) is 33.0 Å². The predicted octanol–water partition coefficient (Wildman–Crippen LogP) is 2.17. The van der Waals surface area contributed by atoms with Gasteiger partial charge in [0, 0.05) is 12.5 Å². The standard InChI is InChI=1S/C8H15N3S/c1-5-8(2,3)6-9-10-7(12)11(6)4/h5H2,1-4H3,(H,10,12). The number of hydrogen-bond acceptors (Lipinski definition) is 2. The van der Waals surface area contributed by atoms with Gasteiger partial charge in [-0.2, -0.15) is 5.10 Å². The first-order valence-corrected chi connectivity index (χ1v) is 4.51. The maximum absolute atomic E-state index is 5.04. The number of nitrogens with zero attached hydrogens (tertiary/aromatic N) is 2. The number of aromatic amines is 1. The molecule has 1 aromatic heterocycles. The predicted molar refractivity (Wildman–Crippen MR) is 51.7 cm³/mol. The molecule has 1 rings (SSSR count). The normalized spacial score (nSPS) is 12.0. The lowest BCUT2D eigenvalue weighted by atomic mass is 9.89. The van der Waals surface area contributed by atoms with Crippen LogP contribution in [0.3, 0.4) is 0 Å². The summed E-state index contributed by atoms with van der Waals surface area (Å²) in [5, 5.41) is 7.00. The molecule has 0 radical (unpaired) electrons. The third kappa shape index (κ3) is 1.43. The molecule has 0 aliphatic carbocycles. The Kier molecular flexibility index (Phi) is 2.37. The monoisotopic (exact) mass is 185 g/mol. The Morgan fingerprint density at radius 3 is 2.50 bits per heavy atom. The lowest BCUT2D eigenvalue weighted by molar-refractivity contribution is 0.455. The van der Waals surface area contributed by atoms with Crippen molar-refractivity contribution in [3.8, 4) is 0 Å². The average molecular weight is 185 g/mol. The number of nitrogens with one attached hydrogen (secondary N) is 1. The molecule has 0 aromatic carbocycles. The Hall–Kier alpha value is -0.640. The SMILES string of the molecule is CCC(C)(C)c1n[nH]c(=S)n1C. The van der Waals surface area contributed by atoms with E-state index in [0.717, 1.165) is 12.2 Å². The second-order valence-corrected chi connectivity index (χ2v) is 4.04. The van der Waals surface area contributed by atoms with E-state index in [1.165, 1.54) is 0 Å². The molecule has 4 heteroatoms. The minimum Gasteiger partial charge on any atom is -0.307 e. The molecule has 68 valence electrons. The van der Waals surface area contributed by atoms with Gasteiger partial charge < -0.3 is 4.57 Å². The van der Waals surface area contributed by atoms with E-state index < -0.39 is 0 Å². The minimum absolute atomic E-state index is 0.0995. The van der Waals surface area contributed by atoms with E-state index in [2.05, 4.69) is 31.0 Å². The first-order chi connectivity index (χ1) is 5.49. The summed E-state index contributed by atoms with van der Waals surface area (Å²) in [5.41, 5.74) is 0.0995. The lowest BCUT2D eigenvalue weighted by Gasteiger charge is -2.20. The summed E-state index contributed by atoms with van der Waals surface area (Å²) in [6.07, 6.45) is 1.06. The maximum Gasteiger partial charge on any atom is 0.194 e. The molecular formula is C8H15N3S. The van der Waals surface area contributed by atoms with Crippen molar-refractivity contribution < 1.29 is 0 Å². The van der Waals surface area contributed by atoms with Crippen molar-refractivity contribution in [3.63, 3.8) is 0 Å². The van der Waals surface area contributed by atoms with Crippen molar-refractivity contribution in [2.75, 3.05) is 0 Å². The van der Waals surface area contributed by atoms with Gasteiger partial charge in [-0.05, 0) is 18.6 Å². The van der Waals surface area contributed by atoms with Gasteiger partial charge in [0.2, 0.25) is 0 Å². The van der Waals surface area contributed by atoms with Crippen LogP contribution in [0, 0.1) is 4.77 Å². The number of hydrogen-bond donors (Lipinski definition) is 1. The van der Waals surface area contributed by atoms with E-state index in [4.69, 9.17) is 12.2 Å². The molecule has 12 heavy (non-hydrogen) atoms. The second-order valence-electron chi connectivity index (χ2n) is 3.65. The molecule has 0 aliphatic heterocycles. The molecule has 0 atom stereocenters. The van der Waals surface area contributed by atoms with Crippen LogP contribution in [0.25, 0.3) is 0 Å². The molecule has 0 unspecified atom stereocenters. The van der Waals surface area contributed by atoms with Crippen LogP contribution in [0.5, 0.6) is 0 Å². The van der Waals surface area contributed by atoms with E-state index in [1.54, 1.807) is 0 Å². The van der Waals surface area contributed by atoms with E-state index in [1.807, 2.05) is 11.6 Å². The van der Waals surface area contributed by atoms with Gasteiger partial charge in [0.05, 0.1) is 0 Å². The van der Waals surface area contributed by atoms with Crippen LogP contribution in [0.4, 0.5) is 0 Å².